The zero-order chi connectivity index (χ0) is 12.9. The van der Waals surface area contributed by atoms with E-state index < -0.39 is 0 Å². The van der Waals surface area contributed by atoms with Crippen LogP contribution in [0.5, 0.6) is 0 Å². The molecule has 0 unspecified atom stereocenters. The minimum absolute atomic E-state index is 0.224. The first-order chi connectivity index (χ1) is 8.33. The predicted octanol–water partition coefficient (Wildman–Crippen LogP) is 4.57. The Morgan fingerprint density at radius 2 is 2.12 bits per heavy atom. The van der Waals surface area contributed by atoms with Crippen molar-refractivity contribution in [1.29, 1.82) is 0 Å². The van der Waals surface area contributed by atoms with Crippen molar-refractivity contribution in [2.75, 3.05) is 6.61 Å². The van der Waals surface area contributed by atoms with Gasteiger partial charge in [0.05, 0.1) is 0 Å². The quantitative estimate of drug-likeness (QED) is 0.396. The summed E-state index contributed by atoms with van der Waals surface area (Å²) < 4.78 is 18.2. The molecule has 4 heteroatoms. The summed E-state index contributed by atoms with van der Waals surface area (Å²) in [6, 6.07) is 7.39. The van der Waals surface area contributed by atoms with Crippen LogP contribution < -0.4 is 0 Å². The van der Waals surface area contributed by atoms with Crippen LogP contribution in [-0.4, -0.2) is 6.61 Å². The topological polar surface area (TPSA) is 9.23 Å². The molecule has 92 valence electrons. The number of unbranched alkanes of at least 4 members (excludes halogenated alkanes) is 3. The molecule has 0 aliphatic rings. The molecule has 0 heterocycles. The molecule has 0 fully saturated rings. The molecule has 0 aliphatic carbocycles. The zero-order valence-electron chi connectivity index (χ0n) is 10.3. The molecule has 0 amide bonds. The van der Waals surface area contributed by atoms with E-state index in [0.717, 1.165) is 18.6 Å². The van der Waals surface area contributed by atoms with Crippen molar-refractivity contribution < 1.29 is 25.5 Å². The molecular weight excluding hydrogens is 336 g/mol. The van der Waals surface area contributed by atoms with Crippen LogP contribution in [0, 0.1) is 11.9 Å². The first-order valence-corrected chi connectivity index (χ1v) is 12.8. The van der Waals surface area contributed by atoms with Gasteiger partial charge in [0.1, 0.15) is 0 Å². The molecule has 0 saturated heterocycles. The van der Waals surface area contributed by atoms with Crippen molar-refractivity contribution in [1.82, 2.24) is 0 Å². The fraction of sp³-hybridized carbons (Fsp3) is 0.538. The van der Waals surface area contributed by atoms with Gasteiger partial charge in [-0.05, 0) is 6.42 Å². The number of halogens is 2. The van der Waals surface area contributed by atoms with Gasteiger partial charge < -0.3 is 4.74 Å². The van der Waals surface area contributed by atoms with Crippen molar-refractivity contribution in [2.24, 2.45) is 0 Å². The van der Waals surface area contributed by atoms with E-state index in [1.165, 1.54) is 47.7 Å². The molecule has 0 saturated carbocycles. The van der Waals surface area contributed by atoms with E-state index in [0.29, 0.717) is 6.61 Å². The summed E-state index contributed by atoms with van der Waals surface area (Å²) in [6.45, 7) is 3.40. The first-order valence-electron chi connectivity index (χ1n) is 5.83. The van der Waals surface area contributed by atoms with Gasteiger partial charge in [-0.25, -0.2) is 4.39 Å². The molecule has 0 aromatic heterocycles. The maximum absolute atomic E-state index is 12.8. The van der Waals surface area contributed by atoms with Gasteiger partial charge >= 0.3 is 30.0 Å². The summed E-state index contributed by atoms with van der Waals surface area (Å²) in [7, 11) is 0. The Labute approximate surface area is 120 Å². The van der Waals surface area contributed by atoms with Crippen LogP contribution in [0.1, 0.15) is 38.2 Å². The van der Waals surface area contributed by atoms with Crippen LogP contribution in [0.25, 0.3) is 0 Å². The average molecular weight is 355 g/mol. The predicted molar refractivity (Wildman–Crippen MR) is 68.0 cm³/mol. The fourth-order valence-corrected chi connectivity index (χ4v) is 1.38. The molecule has 17 heavy (non-hydrogen) atoms. The van der Waals surface area contributed by atoms with Gasteiger partial charge in [-0.1, -0.05) is 26.2 Å². The van der Waals surface area contributed by atoms with Gasteiger partial charge in [-0.2, -0.15) is 12.1 Å². The first kappa shape index (κ1) is 17.2. The number of benzene rings is 1. The third-order valence-corrected chi connectivity index (χ3v) is 2.22. The molecule has 0 N–H and O–H groups in total. The van der Waals surface area contributed by atoms with Crippen LogP contribution in [0.2, 0.25) is 0 Å². The molecule has 0 bridgehead atoms. The van der Waals surface area contributed by atoms with E-state index in [9.17, 15) is 4.39 Å². The van der Waals surface area contributed by atoms with Crippen LogP contribution in [-0.2, 0) is 27.7 Å². The number of ether oxygens (including phenoxy) is 1. The van der Waals surface area contributed by atoms with Crippen LogP contribution in [0.15, 0.2) is 18.2 Å². The van der Waals surface area contributed by atoms with Crippen LogP contribution >= 0.6 is 13.6 Å². The molecule has 1 aromatic rings. The maximum atomic E-state index is 12.8. The van der Waals surface area contributed by atoms with E-state index in [-0.39, 0.29) is 5.82 Å². The SMILES string of the molecule is CCCCCCOCc1[c-]ccc(F)c1.[Zn+][Br]. The van der Waals surface area contributed by atoms with Gasteiger partial charge in [-0.3, -0.25) is 0 Å². The Morgan fingerprint density at radius 1 is 1.35 bits per heavy atom. The summed E-state index contributed by atoms with van der Waals surface area (Å²) >= 11 is 4.25. The van der Waals surface area contributed by atoms with Gasteiger partial charge in [0.2, 0.25) is 0 Å². The second kappa shape index (κ2) is 12.7. The van der Waals surface area contributed by atoms with Crippen molar-refractivity contribution in [3.05, 3.63) is 35.6 Å². The summed E-state index contributed by atoms with van der Waals surface area (Å²) in [6.07, 6.45) is 4.79. The Balaban J connectivity index is 0.00000121. The number of hydrogen-bond donors (Lipinski definition) is 0. The van der Waals surface area contributed by atoms with E-state index in [2.05, 4.69) is 26.6 Å². The van der Waals surface area contributed by atoms with E-state index >= 15 is 0 Å². The van der Waals surface area contributed by atoms with E-state index in [1.54, 1.807) is 6.07 Å². The van der Waals surface area contributed by atoms with Crippen molar-refractivity contribution >= 4 is 13.6 Å². The number of rotatable bonds is 7. The Kier molecular flexibility index (Phi) is 12.8. The average Bonchev–Trinajstić information content (AvgIpc) is 2.36. The van der Waals surface area contributed by atoms with Crippen molar-refractivity contribution in [3.8, 4) is 0 Å². The Bertz CT molecular complexity index is 284. The summed E-state index contributed by atoms with van der Waals surface area (Å²) in [4.78, 5) is 0. The molecule has 1 nitrogen and oxygen atoms in total. The van der Waals surface area contributed by atoms with Crippen molar-refractivity contribution in [3.63, 3.8) is 0 Å². The van der Waals surface area contributed by atoms with Gasteiger partial charge in [0.15, 0.2) is 0 Å². The summed E-state index contributed by atoms with van der Waals surface area (Å²) in [5.74, 6) is -0.224. The second-order valence-corrected chi connectivity index (χ2v) is 3.65. The van der Waals surface area contributed by atoms with Crippen LogP contribution in [0.3, 0.4) is 0 Å². The Hall–Kier alpha value is 0.213. The third-order valence-electron chi connectivity index (χ3n) is 2.22. The molecule has 1 rings (SSSR count). The fourth-order valence-electron chi connectivity index (χ4n) is 1.38. The monoisotopic (exact) mass is 352 g/mol. The number of hydrogen-bond acceptors (Lipinski definition) is 1. The minimum atomic E-state index is -0.224. The Morgan fingerprint density at radius 3 is 2.76 bits per heavy atom. The molecule has 0 atom stereocenters. The zero-order valence-corrected chi connectivity index (χ0v) is 14.9. The van der Waals surface area contributed by atoms with Crippen molar-refractivity contribution in [2.45, 2.75) is 39.2 Å². The molecule has 0 radical (unpaired) electrons. The van der Waals surface area contributed by atoms with Crippen LogP contribution in [0.4, 0.5) is 4.39 Å². The summed E-state index contributed by atoms with van der Waals surface area (Å²) in [5.41, 5.74) is 0.783. The molecule has 0 spiro atoms. The van der Waals surface area contributed by atoms with Gasteiger partial charge in [-0.15, -0.1) is 17.7 Å². The third kappa shape index (κ3) is 9.87. The van der Waals surface area contributed by atoms with E-state index in [1.807, 2.05) is 0 Å². The molecule has 1 aromatic carbocycles. The van der Waals surface area contributed by atoms with Gasteiger partial charge in [0.25, 0.3) is 0 Å². The standard InChI is InChI=1S/C13H18FO.BrH.Zn/c1-2-3-4-5-9-15-11-12-7-6-8-13(14)10-12;;/h6,8,10H,2-5,9,11H2,1H3;1H;/q-1;;+2/p-1. The molecular formula is C13H18BrFOZn. The van der Waals surface area contributed by atoms with Gasteiger partial charge in [0, 0.05) is 19.0 Å². The molecule has 0 aliphatic heterocycles. The van der Waals surface area contributed by atoms with E-state index in [4.69, 9.17) is 4.74 Å². The summed E-state index contributed by atoms with van der Waals surface area (Å²) in [5, 5.41) is 0. The second-order valence-electron chi connectivity index (χ2n) is 3.65. The normalized spacial score (nSPS) is 9.71.